The molecule has 0 spiro atoms. The van der Waals surface area contributed by atoms with E-state index in [2.05, 4.69) is 21.2 Å². The van der Waals surface area contributed by atoms with Crippen LogP contribution in [-0.2, 0) is 26.2 Å². The van der Waals surface area contributed by atoms with Crippen LogP contribution in [0.4, 0.5) is 5.69 Å². The van der Waals surface area contributed by atoms with Gasteiger partial charge in [0, 0.05) is 16.6 Å². The Hall–Kier alpha value is -3.17. The molecule has 3 aromatic carbocycles. The molecule has 1 atom stereocenters. The molecule has 0 aliphatic heterocycles. The normalized spacial score (nSPS) is 12.5. The van der Waals surface area contributed by atoms with Crippen molar-refractivity contribution in [2.45, 2.75) is 71.0 Å². The smallest absolute Gasteiger partial charge is 0.264 e. The molecule has 0 aliphatic carbocycles. The van der Waals surface area contributed by atoms with Gasteiger partial charge in [0.05, 0.1) is 10.6 Å². The minimum absolute atomic E-state index is 0.0774. The maximum Gasteiger partial charge on any atom is 0.264 e. The Bertz CT molecular complexity index is 1450. The number of amides is 2. The van der Waals surface area contributed by atoms with E-state index in [1.807, 2.05) is 65.8 Å². The molecule has 214 valence electrons. The Balaban J connectivity index is 2.08. The van der Waals surface area contributed by atoms with E-state index in [-0.39, 0.29) is 17.3 Å². The van der Waals surface area contributed by atoms with Gasteiger partial charge in [-0.25, -0.2) is 8.42 Å². The van der Waals surface area contributed by atoms with Crippen molar-refractivity contribution in [1.82, 2.24) is 10.2 Å². The molecule has 9 heteroatoms. The molecule has 3 rings (SSSR count). The van der Waals surface area contributed by atoms with Gasteiger partial charge in [-0.3, -0.25) is 13.9 Å². The van der Waals surface area contributed by atoms with Gasteiger partial charge in [-0.1, -0.05) is 76.4 Å². The standard InChI is InChI=1S/C31H38BrN3O4S/c1-7-28(30(37)33-31(4,5)6)34(20-24-11-8-10-23(3)18-24)29(36)21-35(26-13-9-12-25(32)19-26)40(38,39)27-16-14-22(2)15-17-27/h8-19,28H,7,20-21H2,1-6H3,(H,33,37)/t28-/m0/s1. The number of anilines is 1. The molecule has 0 saturated heterocycles. The van der Waals surface area contributed by atoms with Gasteiger partial charge in [0.2, 0.25) is 11.8 Å². The molecule has 0 radical (unpaired) electrons. The van der Waals surface area contributed by atoms with E-state index < -0.39 is 34.1 Å². The van der Waals surface area contributed by atoms with Crippen molar-refractivity contribution in [2.24, 2.45) is 0 Å². The summed E-state index contributed by atoms with van der Waals surface area (Å²) in [6.07, 6.45) is 0.362. The number of carbonyl (C=O) groups is 2. The molecule has 0 aliphatic rings. The first kappa shape index (κ1) is 31.4. The van der Waals surface area contributed by atoms with Crippen LogP contribution in [0.3, 0.4) is 0 Å². The second-order valence-corrected chi connectivity index (χ2v) is 13.8. The summed E-state index contributed by atoms with van der Waals surface area (Å²) < 4.78 is 29.7. The number of aryl methyl sites for hydroxylation is 2. The molecular weight excluding hydrogens is 590 g/mol. The van der Waals surface area contributed by atoms with Crippen LogP contribution in [-0.4, -0.2) is 43.3 Å². The lowest BCUT2D eigenvalue weighted by atomic mass is 10.0. The van der Waals surface area contributed by atoms with Gasteiger partial charge in [-0.05, 0) is 76.9 Å². The number of hydrogen-bond acceptors (Lipinski definition) is 4. The maximum atomic E-state index is 14.1. The van der Waals surface area contributed by atoms with E-state index in [0.29, 0.717) is 16.6 Å². The molecule has 40 heavy (non-hydrogen) atoms. The van der Waals surface area contributed by atoms with Crippen molar-refractivity contribution in [3.8, 4) is 0 Å². The highest BCUT2D eigenvalue weighted by Crippen LogP contribution is 2.27. The zero-order chi connectivity index (χ0) is 29.7. The van der Waals surface area contributed by atoms with Crippen LogP contribution in [0.15, 0.2) is 82.2 Å². The highest BCUT2D eigenvalue weighted by atomic mass is 79.9. The highest BCUT2D eigenvalue weighted by molar-refractivity contribution is 9.10. The van der Waals surface area contributed by atoms with Crippen LogP contribution in [0.25, 0.3) is 0 Å². The quantitative estimate of drug-likeness (QED) is 0.299. The summed E-state index contributed by atoms with van der Waals surface area (Å²) in [5, 5.41) is 2.99. The summed E-state index contributed by atoms with van der Waals surface area (Å²) >= 11 is 3.42. The Morgan fingerprint density at radius 3 is 2.15 bits per heavy atom. The lowest BCUT2D eigenvalue weighted by Gasteiger charge is -2.35. The SMILES string of the molecule is CC[C@@H](C(=O)NC(C)(C)C)N(Cc1cccc(C)c1)C(=O)CN(c1cccc(Br)c1)S(=O)(=O)c1ccc(C)cc1. The number of nitrogens with zero attached hydrogens (tertiary/aromatic N) is 2. The third kappa shape index (κ3) is 8.17. The summed E-state index contributed by atoms with van der Waals surface area (Å²) in [5.41, 5.74) is 2.63. The Morgan fingerprint density at radius 1 is 0.925 bits per heavy atom. The van der Waals surface area contributed by atoms with Gasteiger partial charge >= 0.3 is 0 Å². The third-order valence-electron chi connectivity index (χ3n) is 6.30. The molecule has 0 aromatic heterocycles. The van der Waals surface area contributed by atoms with E-state index >= 15 is 0 Å². The van der Waals surface area contributed by atoms with Crippen LogP contribution in [0.1, 0.15) is 50.8 Å². The van der Waals surface area contributed by atoms with Gasteiger partial charge in [0.25, 0.3) is 10.0 Å². The summed E-state index contributed by atoms with van der Waals surface area (Å²) in [6.45, 7) is 11.0. The van der Waals surface area contributed by atoms with Crippen LogP contribution in [0, 0.1) is 13.8 Å². The largest absolute Gasteiger partial charge is 0.350 e. The van der Waals surface area contributed by atoms with Gasteiger partial charge < -0.3 is 10.2 Å². The van der Waals surface area contributed by atoms with Crippen molar-refractivity contribution < 1.29 is 18.0 Å². The predicted molar refractivity (Wildman–Crippen MR) is 164 cm³/mol. The van der Waals surface area contributed by atoms with Crippen LogP contribution in [0.2, 0.25) is 0 Å². The Kier molecular flexibility index (Phi) is 10.2. The number of benzene rings is 3. The first-order valence-corrected chi connectivity index (χ1v) is 15.5. The van der Waals surface area contributed by atoms with Crippen molar-refractivity contribution in [3.05, 3.63) is 94.0 Å². The zero-order valence-electron chi connectivity index (χ0n) is 23.9. The second-order valence-electron chi connectivity index (χ2n) is 11.0. The van der Waals surface area contributed by atoms with E-state index in [9.17, 15) is 18.0 Å². The van der Waals surface area contributed by atoms with E-state index in [4.69, 9.17) is 0 Å². The maximum absolute atomic E-state index is 14.1. The summed E-state index contributed by atoms with van der Waals surface area (Å²) in [4.78, 5) is 29.1. The topological polar surface area (TPSA) is 86.8 Å². The first-order valence-electron chi connectivity index (χ1n) is 13.2. The number of sulfonamides is 1. The van der Waals surface area contributed by atoms with E-state index in [1.165, 1.54) is 17.0 Å². The van der Waals surface area contributed by atoms with Crippen LogP contribution >= 0.6 is 15.9 Å². The van der Waals surface area contributed by atoms with Crippen LogP contribution < -0.4 is 9.62 Å². The lowest BCUT2D eigenvalue weighted by Crippen LogP contribution is -2.55. The first-order chi connectivity index (χ1) is 18.7. The second kappa shape index (κ2) is 13.0. The van der Waals surface area contributed by atoms with E-state index in [1.54, 1.807) is 36.4 Å². The van der Waals surface area contributed by atoms with Gasteiger partial charge in [0.1, 0.15) is 12.6 Å². The zero-order valence-corrected chi connectivity index (χ0v) is 26.3. The number of halogens is 1. The van der Waals surface area contributed by atoms with E-state index in [0.717, 1.165) is 21.0 Å². The number of nitrogens with one attached hydrogen (secondary N) is 1. The summed E-state index contributed by atoms with van der Waals surface area (Å²) in [7, 11) is -4.11. The minimum Gasteiger partial charge on any atom is -0.350 e. The van der Waals surface area contributed by atoms with Crippen molar-refractivity contribution in [2.75, 3.05) is 10.8 Å². The highest BCUT2D eigenvalue weighted by Gasteiger charge is 2.34. The molecule has 7 nitrogen and oxygen atoms in total. The van der Waals surface area contributed by atoms with Crippen molar-refractivity contribution >= 4 is 43.5 Å². The fourth-order valence-corrected chi connectivity index (χ4v) is 6.17. The molecule has 0 bridgehead atoms. The number of carbonyl (C=O) groups excluding carboxylic acids is 2. The molecule has 1 N–H and O–H groups in total. The van der Waals surface area contributed by atoms with Gasteiger partial charge in [-0.15, -0.1) is 0 Å². The average molecular weight is 629 g/mol. The predicted octanol–water partition coefficient (Wildman–Crippen LogP) is 5.98. The Labute approximate surface area is 246 Å². The molecular formula is C31H38BrN3O4S. The lowest BCUT2D eigenvalue weighted by molar-refractivity contribution is -0.141. The molecule has 0 saturated carbocycles. The fraction of sp³-hybridized carbons (Fsp3) is 0.355. The van der Waals surface area contributed by atoms with Gasteiger partial charge in [0.15, 0.2) is 0 Å². The number of rotatable bonds is 10. The summed E-state index contributed by atoms with van der Waals surface area (Å²) in [6, 6.07) is 20.3. The monoisotopic (exact) mass is 627 g/mol. The molecule has 3 aromatic rings. The number of hydrogen-bond donors (Lipinski definition) is 1. The third-order valence-corrected chi connectivity index (χ3v) is 8.58. The van der Waals surface area contributed by atoms with Crippen LogP contribution in [0.5, 0.6) is 0 Å². The average Bonchev–Trinajstić information content (AvgIpc) is 2.86. The summed E-state index contributed by atoms with van der Waals surface area (Å²) in [5.74, 6) is -0.764. The van der Waals surface area contributed by atoms with Crippen molar-refractivity contribution in [3.63, 3.8) is 0 Å². The molecule has 0 unspecified atom stereocenters. The van der Waals surface area contributed by atoms with Gasteiger partial charge in [-0.2, -0.15) is 0 Å². The minimum atomic E-state index is -4.11. The fourth-order valence-electron chi connectivity index (χ4n) is 4.38. The molecule has 0 fully saturated rings. The Morgan fingerprint density at radius 2 is 1.57 bits per heavy atom. The molecule has 0 heterocycles. The molecule has 2 amide bonds. The van der Waals surface area contributed by atoms with Crippen molar-refractivity contribution in [1.29, 1.82) is 0 Å².